The summed E-state index contributed by atoms with van der Waals surface area (Å²) in [7, 11) is -3.34. The summed E-state index contributed by atoms with van der Waals surface area (Å²) in [5.74, 6) is 0.603. The standard InChI is InChI=1S/C12H15N3O2S/c1-9(2)18(16,17)12-7-5-4-6-11(12)15-8-13-10(3)14-15/h4-9H,1-3H3. The lowest BCUT2D eigenvalue weighted by atomic mass is 10.3. The Morgan fingerprint density at radius 2 is 1.89 bits per heavy atom. The molecule has 0 fully saturated rings. The highest BCUT2D eigenvalue weighted by atomic mass is 32.2. The van der Waals surface area contributed by atoms with Crippen molar-refractivity contribution in [3.63, 3.8) is 0 Å². The third kappa shape index (κ3) is 2.15. The lowest BCUT2D eigenvalue weighted by Crippen LogP contribution is -2.16. The van der Waals surface area contributed by atoms with Gasteiger partial charge >= 0.3 is 0 Å². The summed E-state index contributed by atoms with van der Waals surface area (Å²) in [5, 5.41) is 3.69. The molecular formula is C12H15N3O2S. The van der Waals surface area contributed by atoms with E-state index in [4.69, 9.17) is 0 Å². The van der Waals surface area contributed by atoms with Crippen molar-refractivity contribution < 1.29 is 8.42 Å². The molecule has 1 aromatic carbocycles. The van der Waals surface area contributed by atoms with E-state index in [0.717, 1.165) is 0 Å². The number of benzene rings is 1. The summed E-state index contributed by atoms with van der Waals surface area (Å²) in [4.78, 5) is 4.30. The van der Waals surface area contributed by atoms with E-state index in [1.807, 2.05) is 0 Å². The van der Waals surface area contributed by atoms with Crippen LogP contribution in [0.2, 0.25) is 0 Å². The molecule has 96 valence electrons. The maximum Gasteiger partial charge on any atom is 0.182 e. The number of nitrogens with zero attached hydrogens (tertiary/aromatic N) is 3. The van der Waals surface area contributed by atoms with Crippen LogP contribution in [0, 0.1) is 6.92 Å². The number of hydrogen-bond acceptors (Lipinski definition) is 4. The molecule has 0 N–H and O–H groups in total. The molecule has 2 aromatic rings. The monoisotopic (exact) mass is 265 g/mol. The zero-order valence-electron chi connectivity index (χ0n) is 10.5. The van der Waals surface area contributed by atoms with E-state index in [1.54, 1.807) is 45.0 Å². The summed E-state index contributed by atoms with van der Waals surface area (Å²) < 4.78 is 26.0. The van der Waals surface area contributed by atoms with Crippen LogP contribution in [0.4, 0.5) is 0 Å². The largest absolute Gasteiger partial charge is 0.223 e. The average Bonchev–Trinajstić information content (AvgIpc) is 2.75. The minimum atomic E-state index is -3.34. The fourth-order valence-corrected chi connectivity index (χ4v) is 2.83. The molecule has 0 aliphatic heterocycles. The first-order valence-electron chi connectivity index (χ1n) is 5.64. The van der Waals surface area contributed by atoms with Crippen LogP contribution >= 0.6 is 0 Å². The topological polar surface area (TPSA) is 64.8 Å². The van der Waals surface area contributed by atoms with Crippen molar-refractivity contribution in [1.29, 1.82) is 0 Å². The highest BCUT2D eigenvalue weighted by molar-refractivity contribution is 7.92. The van der Waals surface area contributed by atoms with Crippen LogP contribution in [0.5, 0.6) is 0 Å². The average molecular weight is 265 g/mol. The van der Waals surface area contributed by atoms with Crippen LogP contribution in [0.1, 0.15) is 19.7 Å². The van der Waals surface area contributed by atoms with Crippen molar-refractivity contribution in [2.24, 2.45) is 0 Å². The van der Waals surface area contributed by atoms with E-state index < -0.39 is 15.1 Å². The van der Waals surface area contributed by atoms with Gasteiger partial charge in [-0.15, -0.1) is 0 Å². The Bertz CT molecular complexity index is 659. The molecule has 0 saturated heterocycles. The Morgan fingerprint density at radius 3 is 2.44 bits per heavy atom. The Hall–Kier alpha value is -1.69. The SMILES string of the molecule is Cc1ncn(-c2ccccc2S(=O)(=O)C(C)C)n1. The van der Waals surface area contributed by atoms with Gasteiger partial charge in [0.05, 0.1) is 15.8 Å². The van der Waals surface area contributed by atoms with E-state index in [0.29, 0.717) is 11.5 Å². The first-order valence-corrected chi connectivity index (χ1v) is 7.19. The van der Waals surface area contributed by atoms with Gasteiger partial charge in [0.2, 0.25) is 0 Å². The lowest BCUT2D eigenvalue weighted by molar-refractivity contribution is 0.586. The Balaban J connectivity index is 2.64. The molecule has 18 heavy (non-hydrogen) atoms. The predicted molar refractivity (Wildman–Crippen MR) is 68.4 cm³/mol. The normalized spacial score (nSPS) is 12.0. The molecular weight excluding hydrogens is 250 g/mol. The second-order valence-corrected chi connectivity index (χ2v) is 6.77. The van der Waals surface area contributed by atoms with Gasteiger partial charge < -0.3 is 0 Å². The third-order valence-corrected chi connectivity index (χ3v) is 4.85. The van der Waals surface area contributed by atoms with E-state index in [2.05, 4.69) is 10.1 Å². The number of sulfone groups is 1. The highest BCUT2D eigenvalue weighted by Gasteiger charge is 2.23. The van der Waals surface area contributed by atoms with Crippen LogP contribution in [0.25, 0.3) is 5.69 Å². The van der Waals surface area contributed by atoms with E-state index >= 15 is 0 Å². The van der Waals surface area contributed by atoms with Crippen LogP contribution in [-0.4, -0.2) is 28.4 Å². The number of rotatable bonds is 3. The molecule has 0 radical (unpaired) electrons. The van der Waals surface area contributed by atoms with Crippen molar-refractivity contribution in [3.05, 3.63) is 36.4 Å². The summed E-state index contributed by atoms with van der Waals surface area (Å²) in [5.41, 5.74) is 0.534. The van der Waals surface area contributed by atoms with Gasteiger partial charge in [-0.1, -0.05) is 12.1 Å². The van der Waals surface area contributed by atoms with Gasteiger partial charge in [-0.25, -0.2) is 18.1 Å². The molecule has 0 atom stereocenters. The number of para-hydroxylation sites is 1. The van der Waals surface area contributed by atoms with Crippen LogP contribution in [-0.2, 0) is 9.84 Å². The zero-order valence-corrected chi connectivity index (χ0v) is 11.3. The molecule has 6 heteroatoms. The smallest absolute Gasteiger partial charge is 0.182 e. The van der Waals surface area contributed by atoms with Crippen molar-refractivity contribution in [2.45, 2.75) is 30.9 Å². The van der Waals surface area contributed by atoms with E-state index in [1.165, 1.54) is 11.0 Å². The molecule has 0 bridgehead atoms. The van der Waals surface area contributed by atoms with Crippen LogP contribution in [0.15, 0.2) is 35.5 Å². The van der Waals surface area contributed by atoms with Crippen molar-refractivity contribution in [1.82, 2.24) is 14.8 Å². The summed E-state index contributed by atoms with van der Waals surface area (Å²) in [6, 6.07) is 6.82. The number of aryl methyl sites for hydroxylation is 1. The van der Waals surface area contributed by atoms with Crippen molar-refractivity contribution in [3.8, 4) is 5.69 Å². The molecule has 0 amide bonds. The second-order valence-electron chi connectivity index (χ2n) is 4.30. The van der Waals surface area contributed by atoms with Crippen LogP contribution in [0.3, 0.4) is 0 Å². The molecule has 0 aliphatic carbocycles. The Morgan fingerprint density at radius 1 is 1.22 bits per heavy atom. The Labute approximate surface area is 106 Å². The summed E-state index contributed by atoms with van der Waals surface area (Å²) in [6.07, 6.45) is 1.52. The van der Waals surface area contributed by atoms with Gasteiger partial charge in [0, 0.05) is 0 Å². The lowest BCUT2D eigenvalue weighted by Gasteiger charge is -2.12. The van der Waals surface area contributed by atoms with Gasteiger partial charge in [0.25, 0.3) is 0 Å². The van der Waals surface area contributed by atoms with Crippen molar-refractivity contribution >= 4 is 9.84 Å². The number of hydrogen-bond donors (Lipinski definition) is 0. The van der Waals surface area contributed by atoms with Gasteiger partial charge in [-0.05, 0) is 32.9 Å². The maximum absolute atomic E-state index is 12.3. The molecule has 0 saturated carbocycles. The van der Waals surface area contributed by atoms with Crippen molar-refractivity contribution in [2.75, 3.05) is 0 Å². The second kappa shape index (κ2) is 4.53. The van der Waals surface area contributed by atoms with Gasteiger partial charge in [0.15, 0.2) is 9.84 Å². The van der Waals surface area contributed by atoms with Crippen LogP contribution < -0.4 is 0 Å². The molecule has 0 unspecified atom stereocenters. The zero-order chi connectivity index (χ0) is 13.3. The van der Waals surface area contributed by atoms with E-state index in [9.17, 15) is 8.42 Å². The fraction of sp³-hybridized carbons (Fsp3) is 0.333. The predicted octanol–water partition coefficient (Wildman–Crippen LogP) is 1.76. The minimum absolute atomic E-state index is 0.282. The first kappa shape index (κ1) is 12.8. The van der Waals surface area contributed by atoms with Gasteiger partial charge in [0.1, 0.15) is 12.2 Å². The van der Waals surface area contributed by atoms with E-state index in [-0.39, 0.29) is 4.90 Å². The molecule has 2 rings (SSSR count). The quantitative estimate of drug-likeness (QED) is 0.848. The van der Waals surface area contributed by atoms with Gasteiger partial charge in [-0.2, -0.15) is 5.10 Å². The third-order valence-electron chi connectivity index (χ3n) is 2.65. The summed E-state index contributed by atoms with van der Waals surface area (Å²) in [6.45, 7) is 5.09. The minimum Gasteiger partial charge on any atom is -0.223 e. The summed E-state index contributed by atoms with van der Waals surface area (Å²) >= 11 is 0. The highest BCUT2D eigenvalue weighted by Crippen LogP contribution is 2.22. The Kier molecular flexibility index (Phi) is 3.21. The molecule has 5 nitrogen and oxygen atoms in total. The van der Waals surface area contributed by atoms with Gasteiger partial charge in [-0.3, -0.25) is 0 Å². The molecule has 1 heterocycles. The first-order chi connectivity index (χ1) is 8.43. The molecule has 0 spiro atoms. The number of aromatic nitrogens is 3. The maximum atomic E-state index is 12.3. The molecule has 0 aliphatic rings. The fourth-order valence-electron chi connectivity index (χ4n) is 1.60. The molecule has 1 aromatic heterocycles.